The molecular weight excluding hydrogens is 260 g/mol. The number of ether oxygens (including phenoxy) is 1. The van der Waals surface area contributed by atoms with Crippen LogP contribution >= 0.6 is 11.6 Å². The summed E-state index contributed by atoms with van der Waals surface area (Å²) in [5.41, 5.74) is 0.0101. The van der Waals surface area contributed by atoms with Gasteiger partial charge >= 0.3 is 0 Å². The quantitative estimate of drug-likeness (QED) is 0.880. The second-order valence-electron chi connectivity index (χ2n) is 5.96. The summed E-state index contributed by atoms with van der Waals surface area (Å²) in [5.74, 6) is 0.866. The third-order valence-electron chi connectivity index (χ3n) is 4.87. The van der Waals surface area contributed by atoms with Crippen LogP contribution in [0.1, 0.15) is 44.9 Å². The van der Waals surface area contributed by atoms with Gasteiger partial charge in [-0.3, -0.25) is 0 Å². The summed E-state index contributed by atoms with van der Waals surface area (Å²) in [6, 6.07) is 7.53. The molecule has 1 N–H and O–H groups in total. The molecule has 0 aromatic heterocycles. The lowest BCUT2D eigenvalue weighted by Gasteiger charge is -2.53. The van der Waals surface area contributed by atoms with Crippen LogP contribution < -0.4 is 4.74 Å². The van der Waals surface area contributed by atoms with Gasteiger partial charge in [-0.25, -0.2) is 0 Å². The third-order valence-corrected chi connectivity index (χ3v) is 5.12. The Labute approximate surface area is 119 Å². The Bertz CT molecular complexity index is 421. The van der Waals surface area contributed by atoms with Crippen LogP contribution in [0.3, 0.4) is 0 Å². The molecule has 0 bridgehead atoms. The Balaban J connectivity index is 1.72. The summed E-state index contributed by atoms with van der Waals surface area (Å²) in [6.07, 6.45) is 7.99. The second kappa shape index (κ2) is 5.34. The summed E-state index contributed by atoms with van der Waals surface area (Å²) in [7, 11) is 0. The lowest BCUT2D eigenvalue weighted by atomic mass is 9.59. The maximum absolute atomic E-state index is 10.2. The van der Waals surface area contributed by atoms with Crippen LogP contribution in [0.4, 0.5) is 0 Å². The summed E-state index contributed by atoms with van der Waals surface area (Å²) in [6.45, 7) is 0. The first-order chi connectivity index (χ1) is 9.21. The minimum absolute atomic E-state index is 0.0101. The first kappa shape index (κ1) is 13.3. The van der Waals surface area contributed by atoms with Crippen LogP contribution in [0.15, 0.2) is 24.3 Å². The third kappa shape index (κ3) is 2.48. The molecule has 2 saturated carbocycles. The fourth-order valence-electron chi connectivity index (χ4n) is 3.61. The zero-order chi connectivity index (χ0) is 13.3. The number of hydrogen-bond donors (Lipinski definition) is 1. The first-order valence-electron chi connectivity index (χ1n) is 7.31. The van der Waals surface area contributed by atoms with E-state index in [2.05, 4.69) is 0 Å². The average Bonchev–Trinajstić information content (AvgIpc) is 2.68. The maximum Gasteiger partial charge on any atom is 0.119 e. The number of aliphatic hydroxyl groups excluding tert-OH is 1. The molecule has 2 atom stereocenters. The van der Waals surface area contributed by atoms with Crippen molar-refractivity contribution >= 4 is 11.6 Å². The second-order valence-corrected chi connectivity index (χ2v) is 6.40. The van der Waals surface area contributed by atoms with E-state index in [9.17, 15) is 5.11 Å². The van der Waals surface area contributed by atoms with Crippen LogP contribution in [-0.2, 0) is 0 Å². The highest BCUT2D eigenvalue weighted by molar-refractivity contribution is 6.30. The van der Waals surface area contributed by atoms with Crippen molar-refractivity contribution in [2.24, 2.45) is 5.41 Å². The fraction of sp³-hybridized carbons (Fsp3) is 0.625. The molecule has 0 heterocycles. The maximum atomic E-state index is 10.2. The van der Waals surface area contributed by atoms with Crippen LogP contribution in [-0.4, -0.2) is 17.3 Å². The first-order valence-corrected chi connectivity index (χ1v) is 7.69. The predicted molar refractivity (Wildman–Crippen MR) is 76.6 cm³/mol. The molecule has 1 aromatic carbocycles. The highest BCUT2D eigenvalue weighted by Gasteiger charge is 2.55. The van der Waals surface area contributed by atoms with E-state index < -0.39 is 0 Å². The average molecular weight is 281 g/mol. The Hall–Kier alpha value is -0.730. The molecule has 0 radical (unpaired) electrons. The van der Waals surface area contributed by atoms with Gasteiger partial charge in [0.1, 0.15) is 11.9 Å². The molecule has 1 aromatic rings. The summed E-state index contributed by atoms with van der Waals surface area (Å²) in [4.78, 5) is 0. The normalized spacial score (nSPS) is 29.6. The minimum atomic E-state index is -0.178. The zero-order valence-electron chi connectivity index (χ0n) is 11.1. The molecule has 1 spiro atoms. The molecular formula is C16H21ClO2. The molecule has 0 saturated heterocycles. The number of halogens is 1. The van der Waals surface area contributed by atoms with Crippen molar-refractivity contribution < 1.29 is 9.84 Å². The van der Waals surface area contributed by atoms with E-state index >= 15 is 0 Å². The number of hydrogen-bond acceptors (Lipinski definition) is 2. The molecule has 2 unspecified atom stereocenters. The van der Waals surface area contributed by atoms with Gasteiger partial charge in [-0.1, -0.05) is 37.3 Å². The molecule has 2 aliphatic rings. The fourth-order valence-corrected chi connectivity index (χ4v) is 3.74. The number of benzene rings is 1. The van der Waals surface area contributed by atoms with Gasteiger partial charge in [0, 0.05) is 16.9 Å². The van der Waals surface area contributed by atoms with E-state index in [4.69, 9.17) is 16.3 Å². The Morgan fingerprint density at radius 1 is 1.05 bits per heavy atom. The largest absolute Gasteiger partial charge is 0.490 e. The Kier molecular flexibility index (Phi) is 3.72. The van der Waals surface area contributed by atoms with Gasteiger partial charge < -0.3 is 9.84 Å². The van der Waals surface area contributed by atoms with Gasteiger partial charge in [0.2, 0.25) is 0 Å². The molecule has 2 fully saturated rings. The van der Waals surface area contributed by atoms with Crippen LogP contribution in [0, 0.1) is 5.41 Å². The molecule has 0 aliphatic heterocycles. The zero-order valence-corrected chi connectivity index (χ0v) is 11.9. The van der Waals surface area contributed by atoms with E-state index in [0.717, 1.165) is 30.0 Å². The topological polar surface area (TPSA) is 29.5 Å². The van der Waals surface area contributed by atoms with Crippen molar-refractivity contribution in [3.8, 4) is 5.75 Å². The van der Waals surface area contributed by atoms with Gasteiger partial charge in [-0.05, 0) is 37.1 Å². The molecule has 2 aliphatic carbocycles. The predicted octanol–water partition coefficient (Wildman–Crippen LogP) is 4.19. The van der Waals surface area contributed by atoms with Gasteiger partial charge in [-0.2, -0.15) is 0 Å². The Morgan fingerprint density at radius 2 is 1.68 bits per heavy atom. The van der Waals surface area contributed by atoms with Crippen molar-refractivity contribution in [1.29, 1.82) is 0 Å². The van der Waals surface area contributed by atoms with E-state index in [1.54, 1.807) is 0 Å². The van der Waals surface area contributed by atoms with Crippen molar-refractivity contribution in [2.75, 3.05) is 0 Å². The van der Waals surface area contributed by atoms with Gasteiger partial charge in [0.25, 0.3) is 0 Å². The Morgan fingerprint density at radius 3 is 2.26 bits per heavy atom. The SMILES string of the molecule is OC1CC(Oc2ccc(Cl)cc2)C12CCCCCC2. The van der Waals surface area contributed by atoms with Gasteiger partial charge in [0.05, 0.1) is 6.10 Å². The molecule has 2 nitrogen and oxygen atoms in total. The lowest BCUT2D eigenvalue weighted by Crippen LogP contribution is -2.59. The monoisotopic (exact) mass is 280 g/mol. The van der Waals surface area contributed by atoms with Crippen molar-refractivity contribution in [3.05, 3.63) is 29.3 Å². The van der Waals surface area contributed by atoms with Crippen LogP contribution in [0.2, 0.25) is 5.02 Å². The molecule has 19 heavy (non-hydrogen) atoms. The van der Waals surface area contributed by atoms with E-state index in [1.165, 1.54) is 25.7 Å². The van der Waals surface area contributed by atoms with E-state index in [1.807, 2.05) is 24.3 Å². The standard InChI is InChI=1S/C16H21ClO2/c17-12-5-7-13(8-6-12)19-15-11-14(18)16(15)9-3-1-2-4-10-16/h5-8,14-15,18H,1-4,9-11H2. The highest BCUT2D eigenvalue weighted by atomic mass is 35.5. The van der Waals surface area contributed by atoms with Crippen molar-refractivity contribution in [2.45, 2.75) is 57.2 Å². The molecule has 0 amide bonds. The van der Waals surface area contributed by atoms with E-state index in [0.29, 0.717) is 0 Å². The smallest absolute Gasteiger partial charge is 0.119 e. The summed E-state index contributed by atoms with van der Waals surface area (Å²) < 4.78 is 6.11. The van der Waals surface area contributed by atoms with Gasteiger partial charge in [0.15, 0.2) is 0 Å². The molecule has 3 heteroatoms. The summed E-state index contributed by atoms with van der Waals surface area (Å²) >= 11 is 5.89. The van der Waals surface area contributed by atoms with Crippen molar-refractivity contribution in [3.63, 3.8) is 0 Å². The summed E-state index contributed by atoms with van der Waals surface area (Å²) in [5, 5.41) is 11.0. The van der Waals surface area contributed by atoms with Crippen LogP contribution in [0.25, 0.3) is 0 Å². The minimum Gasteiger partial charge on any atom is -0.490 e. The lowest BCUT2D eigenvalue weighted by molar-refractivity contribution is -0.163. The number of rotatable bonds is 2. The van der Waals surface area contributed by atoms with E-state index in [-0.39, 0.29) is 17.6 Å². The van der Waals surface area contributed by atoms with Crippen LogP contribution in [0.5, 0.6) is 5.75 Å². The highest BCUT2D eigenvalue weighted by Crippen LogP contribution is 2.52. The molecule has 3 rings (SSSR count). The molecule has 104 valence electrons. The number of aliphatic hydroxyl groups is 1. The van der Waals surface area contributed by atoms with Crippen molar-refractivity contribution in [1.82, 2.24) is 0 Å². The van der Waals surface area contributed by atoms with Gasteiger partial charge in [-0.15, -0.1) is 0 Å².